The average molecular weight is 789 g/mol. The number of rotatable bonds is 45. The van der Waals surface area contributed by atoms with Gasteiger partial charge in [-0.15, -0.1) is 0 Å². The zero-order chi connectivity index (χ0) is 38.1. The fraction of sp³-hybridized carbons (Fsp3) is 1.00. The maximum absolute atomic E-state index is 6.17. The lowest BCUT2D eigenvalue weighted by molar-refractivity contribution is 0.0140. The third-order valence-electron chi connectivity index (χ3n) is 8.29. The largest absolute Gasteiger partial charge is 0.501 e. The van der Waals surface area contributed by atoms with Gasteiger partial charge >= 0.3 is 17.6 Å². The highest BCUT2D eigenvalue weighted by Crippen LogP contribution is 2.22. The quantitative estimate of drug-likeness (QED) is 0.0652. The minimum atomic E-state index is -2.82. The predicted octanol–water partition coefficient (Wildman–Crippen LogP) is 4.70. The molecule has 0 atom stereocenters. The van der Waals surface area contributed by atoms with E-state index in [2.05, 4.69) is 10.6 Å². The molecule has 0 spiro atoms. The van der Waals surface area contributed by atoms with Crippen molar-refractivity contribution < 1.29 is 55.0 Å². The van der Waals surface area contributed by atoms with E-state index in [1.165, 1.54) is 51.4 Å². The number of methoxy groups -OCH3 is 6. The molecule has 0 radical (unpaired) electrons. The van der Waals surface area contributed by atoms with Gasteiger partial charge in [0.15, 0.2) is 0 Å². The number of hydrogen-bond acceptors (Lipinski definition) is 14. The first-order valence-electron chi connectivity index (χ1n) is 19.8. The van der Waals surface area contributed by atoms with Crippen LogP contribution in [0.1, 0.15) is 77.0 Å². The molecule has 0 aliphatic rings. The van der Waals surface area contributed by atoms with E-state index in [-0.39, 0.29) is 0 Å². The molecule has 0 amide bonds. The van der Waals surface area contributed by atoms with E-state index in [1.807, 2.05) is 0 Å². The number of nitrogens with one attached hydrogen (secondary N) is 2. The van der Waals surface area contributed by atoms with Crippen LogP contribution in [0.2, 0.25) is 12.1 Å². The van der Waals surface area contributed by atoms with E-state index in [4.69, 9.17) is 55.0 Å². The number of unbranched alkanes of at least 4 members (excludes halogenated alkanes) is 9. The van der Waals surface area contributed by atoms with Crippen LogP contribution in [-0.4, -0.2) is 166 Å². The molecule has 314 valence electrons. The zero-order valence-electron chi connectivity index (χ0n) is 34.1. The van der Waals surface area contributed by atoms with Gasteiger partial charge in [-0.2, -0.15) is 0 Å². The van der Waals surface area contributed by atoms with Crippen molar-refractivity contribution >= 4 is 17.6 Å². The summed E-state index contributed by atoms with van der Waals surface area (Å²) >= 11 is 0. The summed E-state index contributed by atoms with van der Waals surface area (Å²) in [6.07, 6.45) is 14.0. The normalized spacial score (nSPS) is 12.3. The van der Waals surface area contributed by atoms with Crippen molar-refractivity contribution in [1.29, 1.82) is 0 Å². The van der Waals surface area contributed by atoms with Gasteiger partial charge in [0.1, 0.15) is 0 Å². The van der Waals surface area contributed by atoms with Crippen LogP contribution in [0, 0.1) is 0 Å². The molecule has 0 saturated heterocycles. The van der Waals surface area contributed by atoms with E-state index in [0.29, 0.717) is 79.3 Å². The van der Waals surface area contributed by atoms with Crippen molar-refractivity contribution in [2.24, 2.45) is 0 Å². The summed E-state index contributed by atoms with van der Waals surface area (Å²) in [6.45, 7) is 10.1. The molecule has 0 aliphatic carbocycles. The van der Waals surface area contributed by atoms with Crippen LogP contribution in [0.25, 0.3) is 0 Å². The summed E-state index contributed by atoms with van der Waals surface area (Å²) in [6, 6.07) is 1.58. The predicted molar refractivity (Wildman–Crippen MR) is 209 cm³/mol. The fourth-order valence-corrected chi connectivity index (χ4v) is 10.5. The molecule has 14 nitrogen and oxygen atoms in total. The van der Waals surface area contributed by atoms with Gasteiger partial charge in [0.25, 0.3) is 0 Å². The Labute approximate surface area is 319 Å². The monoisotopic (exact) mass is 789 g/mol. The summed E-state index contributed by atoms with van der Waals surface area (Å²) in [5.41, 5.74) is 0. The van der Waals surface area contributed by atoms with Crippen LogP contribution >= 0.6 is 0 Å². The van der Waals surface area contributed by atoms with E-state index in [1.54, 1.807) is 42.7 Å². The number of ether oxygens (including phenoxy) is 6. The average Bonchev–Trinajstić information content (AvgIpc) is 3.14. The highest BCUT2D eigenvalue weighted by molar-refractivity contribution is 6.61. The Balaban J connectivity index is 3.97. The summed E-state index contributed by atoms with van der Waals surface area (Å²) in [5.74, 6) is 0. The highest BCUT2D eigenvalue weighted by atomic mass is 28.4. The van der Waals surface area contributed by atoms with Crippen molar-refractivity contribution in [3.05, 3.63) is 0 Å². The molecule has 16 heteroatoms. The van der Waals surface area contributed by atoms with Crippen LogP contribution < -0.4 is 10.6 Å². The topological polar surface area (TPSA) is 135 Å². The minimum Gasteiger partial charge on any atom is -0.382 e. The standard InChI is InChI=1S/C36H80N2O12Si2/c1-39-23-29-45-51(46-30-24-40-2,47-31-25-41-3)35-17-11-9-15-21-37-19-13-7-8-14-20-38-22-16-10-12-18-36-52(48-32-26-42-4,49-33-27-43-5)50-34-28-44-6/h37-38H,7-36H2,1-6H3. The molecule has 0 rings (SSSR count). The Morgan fingerprint density at radius 3 is 0.692 bits per heavy atom. The molecule has 0 aromatic carbocycles. The van der Waals surface area contributed by atoms with Crippen molar-refractivity contribution in [1.82, 2.24) is 10.6 Å². The van der Waals surface area contributed by atoms with Crippen LogP contribution in [0.15, 0.2) is 0 Å². The molecule has 0 fully saturated rings. The van der Waals surface area contributed by atoms with Crippen molar-refractivity contribution in [2.75, 3.05) is 148 Å². The second-order valence-corrected chi connectivity index (χ2v) is 18.1. The third kappa shape index (κ3) is 32.1. The fourth-order valence-electron chi connectivity index (χ4n) is 5.36. The van der Waals surface area contributed by atoms with Gasteiger partial charge in [0, 0.05) is 54.7 Å². The lowest BCUT2D eigenvalue weighted by atomic mass is 10.1. The van der Waals surface area contributed by atoms with Crippen molar-refractivity contribution in [3.8, 4) is 0 Å². The van der Waals surface area contributed by atoms with E-state index < -0.39 is 17.6 Å². The smallest absolute Gasteiger partial charge is 0.382 e. The summed E-state index contributed by atoms with van der Waals surface area (Å²) in [7, 11) is 4.38. The first kappa shape index (κ1) is 51.9. The van der Waals surface area contributed by atoms with Gasteiger partial charge in [-0.05, 0) is 64.7 Å². The van der Waals surface area contributed by atoms with Crippen LogP contribution in [0.5, 0.6) is 0 Å². The van der Waals surface area contributed by atoms with Crippen LogP contribution in [-0.2, 0) is 55.0 Å². The Kier molecular flexibility index (Phi) is 40.4. The van der Waals surface area contributed by atoms with E-state index >= 15 is 0 Å². The molecule has 0 aromatic rings. The number of hydrogen-bond donors (Lipinski definition) is 2. The molecule has 0 heterocycles. The molecular weight excluding hydrogens is 709 g/mol. The van der Waals surface area contributed by atoms with Gasteiger partial charge < -0.3 is 65.6 Å². The van der Waals surface area contributed by atoms with E-state index in [0.717, 1.165) is 64.0 Å². The van der Waals surface area contributed by atoms with Crippen molar-refractivity contribution in [2.45, 2.75) is 89.1 Å². The molecule has 2 N–H and O–H groups in total. The lowest BCUT2D eigenvalue weighted by Gasteiger charge is -2.29. The molecule has 0 saturated carbocycles. The van der Waals surface area contributed by atoms with Gasteiger partial charge in [-0.25, -0.2) is 0 Å². The Bertz CT molecular complexity index is 601. The Hall–Kier alpha value is -0.126. The Morgan fingerprint density at radius 2 is 0.481 bits per heavy atom. The first-order valence-corrected chi connectivity index (χ1v) is 23.6. The zero-order valence-corrected chi connectivity index (χ0v) is 36.1. The molecule has 52 heavy (non-hydrogen) atoms. The molecule has 0 aliphatic heterocycles. The van der Waals surface area contributed by atoms with Crippen LogP contribution in [0.4, 0.5) is 0 Å². The summed E-state index contributed by atoms with van der Waals surface area (Å²) in [5, 5.41) is 7.24. The molecule has 0 bridgehead atoms. The maximum atomic E-state index is 6.17. The molecule has 0 unspecified atom stereocenters. The van der Waals surface area contributed by atoms with Gasteiger partial charge in [0.2, 0.25) is 0 Å². The van der Waals surface area contributed by atoms with Gasteiger partial charge in [-0.1, -0.05) is 38.5 Å². The van der Waals surface area contributed by atoms with Gasteiger partial charge in [0.05, 0.1) is 79.3 Å². The summed E-state index contributed by atoms with van der Waals surface area (Å²) in [4.78, 5) is 0. The minimum absolute atomic E-state index is 0.458. The highest BCUT2D eigenvalue weighted by Gasteiger charge is 2.41. The first-order chi connectivity index (χ1) is 25.6. The van der Waals surface area contributed by atoms with Crippen molar-refractivity contribution in [3.63, 3.8) is 0 Å². The Morgan fingerprint density at radius 1 is 0.269 bits per heavy atom. The SMILES string of the molecule is COCCO[Si](CCCCCCNCCCCCCNCCCCCC[Si](OCCOC)(OCCOC)OCCOC)(OCCOC)OCCOC. The second-order valence-electron chi connectivity index (χ2n) is 12.7. The lowest BCUT2D eigenvalue weighted by Crippen LogP contribution is -2.48. The summed E-state index contributed by atoms with van der Waals surface area (Å²) < 4.78 is 68.1. The second kappa shape index (κ2) is 40.5. The van der Waals surface area contributed by atoms with E-state index in [9.17, 15) is 0 Å². The molecular formula is C36H80N2O12Si2. The third-order valence-corrected chi connectivity index (χ3v) is 14.1. The van der Waals surface area contributed by atoms with Crippen LogP contribution in [0.3, 0.4) is 0 Å². The van der Waals surface area contributed by atoms with Gasteiger partial charge in [-0.3, -0.25) is 0 Å². The maximum Gasteiger partial charge on any atom is 0.501 e. The molecule has 0 aromatic heterocycles.